The van der Waals surface area contributed by atoms with Gasteiger partial charge in [0.1, 0.15) is 24.7 Å². The minimum Gasteiger partial charge on any atom is -0.490 e. The fourth-order valence-corrected chi connectivity index (χ4v) is 2.66. The number of nitrogens with zero attached hydrogens (tertiary/aromatic N) is 1. The Morgan fingerprint density at radius 1 is 0.966 bits per heavy atom. The van der Waals surface area contributed by atoms with Crippen molar-refractivity contribution in [3.05, 3.63) is 94.0 Å². The van der Waals surface area contributed by atoms with Crippen LogP contribution in [0.1, 0.15) is 15.9 Å². The van der Waals surface area contributed by atoms with Gasteiger partial charge in [0.15, 0.2) is 0 Å². The Hall–Kier alpha value is -3.87. The van der Waals surface area contributed by atoms with Crippen LogP contribution in [0.2, 0.25) is 0 Å². The van der Waals surface area contributed by atoms with Gasteiger partial charge in [0.25, 0.3) is 11.6 Å². The Bertz CT molecular complexity index is 1010. The van der Waals surface area contributed by atoms with Crippen molar-refractivity contribution in [2.75, 3.05) is 18.5 Å². The van der Waals surface area contributed by atoms with Crippen LogP contribution < -0.4 is 14.8 Å². The van der Waals surface area contributed by atoms with Crippen LogP contribution in [0.15, 0.2) is 72.8 Å². The van der Waals surface area contributed by atoms with Gasteiger partial charge in [-0.15, -0.1) is 0 Å². The second-order valence-corrected chi connectivity index (χ2v) is 6.22. The fourth-order valence-electron chi connectivity index (χ4n) is 2.66. The van der Waals surface area contributed by atoms with Gasteiger partial charge in [0, 0.05) is 12.1 Å². The molecule has 7 heteroatoms. The van der Waals surface area contributed by atoms with Crippen LogP contribution in [0.4, 0.5) is 11.4 Å². The second kappa shape index (κ2) is 9.36. The van der Waals surface area contributed by atoms with Crippen molar-refractivity contribution in [2.45, 2.75) is 6.92 Å². The number of carbonyl (C=O) groups excluding carboxylic acids is 1. The molecule has 0 saturated carbocycles. The van der Waals surface area contributed by atoms with E-state index in [1.54, 1.807) is 37.3 Å². The van der Waals surface area contributed by atoms with E-state index in [4.69, 9.17) is 9.47 Å². The van der Waals surface area contributed by atoms with E-state index in [2.05, 4.69) is 5.32 Å². The van der Waals surface area contributed by atoms with Gasteiger partial charge in [-0.05, 0) is 36.8 Å². The summed E-state index contributed by atoms with van der Waals surface area (Å²) >= 11 is 0. The molecule has 1 amide bonds. The van der Waals surface area contributed by atoms with E-state index in [-0.39, 0.29) is 12.3 Å². The first-order valence-electron chi connectivity index (χ1n) is 9.00. The van der Waals surface area contributed by atoms with Crippen LogP contribution in [0, 0.1) is 17.0 Å². The van der Waals surface area contributed by atoms with E-state index in [0.29, 0.717) is 23.6 Å². The number of aryl methyl sites for hydroxylation is 1. The normalized spacial score (nSPS) is 10.2. The highest BCUT2D eigenvalue weighted by Gasteiger charge is 2.15. The summed E-state index contributed by atoms with van der Waals surface area (Å²) in [6.45, 7) is 2.35. The van der Waals surface area contributed by atoms with Crippen LogP contribution in [-0.4, -0.2) is 24.0 Å². The number of carbonyl (C=O) groups is 1. The number of nitrogens with one attached hydrogen (secondary N) is 1. The number of para-hydroxylation sites is 2. The van der Waals surface area contributed by atoms with Crippen molar-refractivity contribution >= 4 is 17.3 Å². The third-order valence-electron chi connectivity index (χ3n) is 4.16. The van der Waals surface area contributed by atoms with Gasteiger partial charge in [-0.2, -0.15) is 0 Å². The topological polar surface area (TPSA) is 90.7 Å². The third kappa shape index (κ3) is 5.32. The summed E-state index contributed by atoms with van der Waals surface area (Å²) in [4.78, 5) is 23.2. The first-order valence-corrected chi connectivity index (χ1v) is 9.00. The fraction of sp³-hybridized carbons (Fsp3) is 0.136. The van der Waals surface area contributed by atoms with E-state index in [9.17, 15) is 14.9 Å². The Morgan fingerprint density at radius 3 is 2.41 bits per heavy atom. The Balaban J connectivity index is 1.66. The summed E-state index contributed by atoms with van der Waals surface area (Å²) in [5, 5.41) is 13.7. The number of benzene rings is 3. The van der Waals surface area contributed by atoms with Crippen molar-refractivity contribution in [1.82, 2.24) is 0 Å². The summed E-state index contributed by atoms with van der Waals surface area (Å²) in [7, 11) is 0. The molecule has 0 aromatic heterocycles. The largest absolute Gasteiger partial charge is 0.490 e. The molecule has 0 spiro atoms. The average molecular weight is 392 g/mol. The maximum Gasteiger partial charge on any atom is 0.271 e. The van der Waals surface area contributed by atoms with Gasteiger partial charge in [-0.25, -0.2) is 0 Å². The molecule has 0 heterocycles. The number of anilines is 1. The maximum atomic E-state index is 12.7. The van der Waals surface area contributed by atoms with E-state index >= 15 is 0 Å². The number of amides is 1. The Labute approximate surface area is 168 Å². The summed E-state index contributed by atoms with van der Waals surface area (Å²) in [6, 6.07) is 20.5. The van der Waals surface area contributed by atoms with Crippen LogP contribution in [0.25, 0.3) is 0 Å². The van der Waals surface area contributed by atoms with Gasteiger partial charge in [-0.1, -0.05) is 36.4 Å². The number of nitro benzene ring substituents is 1. The summed E-state index contributed by atoms with van der Waals surface area (Å²) in [6.07, 6.45) is 0. The van der Waals surface area contributed by atoms with Crippen molar-refractivity contribution in [2.24, 2.45) is 0 Å². The predicted molar refractivity (Wildman–Crippen MR) is 110 cm³/mol. The van der Waals surface area contributed by atoms with Gasteiger partial charge in [0.05, 0.1) is 16.2 Å². The lowest BCUT2D eigenvalue weighted by Crippen LogP contribution is -2.16. The quantitative estimate of drug-likeness (QED) is 0.343. The zero-order valence-electron chi connectivity index (χ0n) is 15.8. The average Bonchev–Trinajstić information content (AvgIpc) is 2.73. The SMILES string of the molecule is Cc1ccc([N+](=O)[O-])cc1NC(=O)c1ccccc1OCCOc1ccccc1. The zero-order valence-corrected chi connectivity index (χ0v) is 15.8. The number of non-ortho nitro benzene ring substituents is 1. The molecule has 0 bridgehead atoms. The van der Waals surface area contributed by atoms with E-state index in [0.717, 1.165) is 11.3 Å². The summed E-state index contributed by atoms with van der Waals surface area (Å²) in [5.41, 5.74) is 1.34. The van der Waals surface area contributed by atoms with E-state index in [1.165, 1.54) is 12.1 Å². The number of nitro groups is 1. The number of hydrogen-bond donors (Lipinski definition) is 1. The van der Waals surface area contributed by atoms with Crippen molar-refractivity contribution in [3.63, 3.8) is 0 Å². The lowest BCUT2D eigenvalue weighted by atomic mass is 10.1. The highest BCUT2D eigenvalue weighted by Crippen LogP contribution is 2.24. The second-order valence-electron chi connectivity index (χ2n) is 6.22. The smallest absolute Gasteiger partial charge is 0.271 e. The highest BCUT2D eigenvalue weighted by molar-refractivity contribution is 6.06. The minimum absolute atomic E-state index is 0.0894. The maximum absolute atomic E-state index is 12.7. The minimum atomic E-state index is -0.501. The van der Waals surface area contributed by atoms with Gasteiger partial charge < -0.3 is 14.8 Å². The lowest BCUT2D eigenvalue weighted by molar-refractivity contribution is -0.384. The molecule has 148 valence electrons. The number of rotatable bonds is 8. The molecule has 3 aromatic carbocycles. The molecule has 3 rings (SSSR count). The van der Waals surface area contributed by atoms with Crippen LogP contribution in [0.3, 0.4) is 0 Å². The predicted octanol–water partition coefficient (Wildman–Crippen LogP) is 4.61. The highest BCUT2D eigenvalue weighted by atomic mass is 16.6. The van der Waals surface area contributed by atoms with Crippen LogP contribution in [0.5, 0.6) is 11.5 Å². The van der Waals surface area contributed by atoms with Crippen molar-refractivity contribution in [3.8, 4) is 11.5 Å². The van der Waals surface area contributed by atoms with Crippen LogP contribution >= 0.6 is 0 Å². The summed E-state index contributed by atoms with van der Waals surface area (Å²) in [5.74, 6) is 0.737. The van der Waals surface area contributed by atoms with Gasteiger partial charge >= 0.3 is 0 Å². The molecule has 0 aliphatic carbocycles. The molecule has 0 atom stereocenters. The monoisotopic (exact) mass is 392 g/mol. The molecule has 3 aromatic rings. The molecule has 29 heavy (non-hydrogen) atoms. The molecule has 0 fully saturated rings. The molecule has 7 nitrogen and oxygen atoms in total. The van der Waals surface area contributed by atoms with Crippen molar-refractivity contribution < 1.29 is 19.2 Å². The zero-order chi connectivity index (χ0) is 20.6. The summed E-state index contributed by atoms with van der Waals surface area (Å²) < 4.78 is 11.3. The third-order valence-corrected chi connectivity index (χ3v) is 4.16. The number of ether oxygens (including phenoxy) is 2. The van der Waals surface area contributed by atoms with Crippen molar-refractivity contribution in [1.29, 1.82) is 0 Å². The van der Waals surface area contributed by atoms with E-state index < -0.39 is 10.8 Å². The van der Waals surface area contributed by atoms with Gasteiger partial charge in [0.2, 0.25) is 0 Å². The molecule has 1 N–H and O–H groups in total. The molecule has 0 saturated heterocycles. The first-order chi connectivity index (χ1) is 14.0. The molecule has 0 aliphatic heterocycles. The molecule has 0 radical (unpaired) electrons. The standard InChI is InChI=1S/C22H20N2O5/c1-16-11-12-17(24(26)27)15-20(16)23-22(25)19-9-5-6-10-21(19)29-14-13-28-18-7-3-2-4-8-18/h2-12,15H,13-14H2,1H3,(H,23,25). The van der Waals surface area contributed by atoms with Crippen LogP contribution in [-0.2, 0) is 0 Å². The van der Waals surface area contributed by atoms with Gasteiger partial charge in [-0.3, -0.25) is 14.9 Å². The number of hydrogen-bond acceptors (Lipinski definition) is 5. The first kappa shape index (κ1) is 19.9. The molecular weight excluding hydrogens is 372 g/mol. The molecule has 0 unspecified atom stereocenters. The molecular formula is C22H20N2O5. The lowest BCUT2D eigenvalue weighted by Gasteiger charge is -2.13. The van der Waals surface area contributed by atoms with E-state index in [1.807, 2.05) is 30.3 Å². The Morgan fingerprint density at radius 2 is 1.66 bits per heavy atom. The Kier molecular flexibility index (Phi) is 6.42. The molecule has 0 aliphatic rings.